The normalized spacial score (nSPS) is 11.0. The van der Waals surface area contributed by atoms with Crippen molar-refractivity contribution in [2.45, 2.75) is 0 Å². The van der Waals surface area contributed by atoms with Gasteiger partial charge in [-0.25, -0.2) is 0 Å². The fraction of sp³-hybridized carbons (Fsp3) is 0. The van der Waals surface area contributed by atoms with Crippen molar-refractivity contribution in [3.8, 4) is 11.9 Å². The molecule has 0 bridgehead atoms. The number of benzene rings is 2. The van der Waals surface area contributed by atoms with Gasteiger partial charge in [-0.3, -0.25) is 4.99 Å². The number of rotatable bonds is 2. The van der Waals surface area contributed by atoms with E-state index in [0.717, 1.165) is 15.4 Å². The quantitative estimate of drug-likeness (QED) is 0.684. The predicted octanol–water partition coefficient (Wildman–Crippen LogP) is 4.26. The van der Waals surface area contributed by atoms with Crippen LogP contribution in [-0.2, 0) is 0 Å². The van der Waals surface area contributed by atoms with E-state index in [9.17, 15) is 5.11 Å². The van der Waals surface area contributed by atoms with Gasteiger partial charge in [0.15, 0.2) is 5.88 Å². The van der Waals surface area contributed by atoms with Crippen LogP contribution in [0.1, 0.15) is 11.1 Å². The SMILES string of the molecule is N#Cc1cccc(N=Cc2c(O)[nH]c3ccc(Br)cc23)c1. The molecule has 2 N–H and O–H groups in total. The molecule has 0 saturated heterocycles. The van der Waals surface area contributed by atoms with Crippen LogP contribution in [0.5, 0.6) is 5.88 Å². The third kappa shape index (κ3) is 2.67. The first-order chi connectivity index (χ1) is 10.2. The fourth-order valence-electron chi connectivity index (χ4n) is 2.10. The van der Waals surface area contributed by atoms with Gasteiger partial charge in [0.1, 0.15) is 0 Å². The van der Waals surface area contributed by atoms with Crippen molar-refractivity contribution >= 4 is 38.7 Å². The van der Waals surface area contributed by atoms with Crippen LogP contribution in [0.4, 0.5) is 5.69 Å². The zero-order valence-electron chi connectivity index (χ0n) is 10.8. The van der Waals surface area contributed by atoms with E-state index in [4.69, 9.17) is 5.26 Å². The highest BCUT2D eigenvalue weighted by Crippen LogP contribution is 2.28. The van der Waals surface area contributed by atoms with Gasteiger partial charge in [-0.1, -0.05) is 22.0 Å². The average Bonchev–Trinajstić information content (AvgIpc) is 2.80. The highest BCUT2D eigenvalue weighted by atomic mass is 79.9. The fourth-order valence-corrected chi connectivity index (χ4v) is 2.46. The minimum absolute atomic E-state index is 0.0725. The summed E-state index contributed by atoms with van der Waals surface area (Å²) in [7, 11) is 0. The van der Waals surface area contributed by atoms with Gasteiger partial charge in [-0.05, 0) is 36.4 Å². The van der Waals surface area contributed by atoms with Crippen LogP contribution >= 0.6 is 15.9 Å². The smallest absolute Gasteiger partial charge is 0.198 e. The van der Waals surface area contributed by atoms with Gasteiger partial charge in [0.25, 0.3) is 0 Å². The van der Waals surface area contributed by atoms with E-state index in [-0.39, 0.29) is 5.88 Å². The maximum Gasteiger partial charge on any atom is 0.198 e. The summed E-state index contributed by atoms with van der Waals surface area (Å²) >= 11 is 3.41. The van der Waals surface area contributed by atoms with Crippen molar-refractivity contribution in [2.75, 3.05) is 0 Å². The molecular formula is C16H10BrN3O. The lowest BCUT2D eigenvalue weighted by atomic mass is 10.2. The zero-order valence-corrected chi connectivity index (χ0v) is 12.4. The summed E-state index contributed by atoms with van der Waals surface area (Å²) in [6.07, 6.45) is 1.59. The van der Waals surface area contributed by atoms with E-state index in [1.807, 2.05) is 18.2 Å². The lowest BCUT2D eigenvalue weighted by Crippen LogP contribution is -1.80. The Morgan fingerprint density at radius 1 is 1.24 bits per heavy atom. The van der Waals surface area contributed by atoms with Crippen molar-refractivity contribution in [2.24, 2.45) is 4.99 Å². The lowest BCUT2D eigenvalue weighted by molar-refractivity contribution is 0.457. The number of halogens is 1. The van der Waals surface area contributed by atoms with E-state index < -0.39 is 0 Å². The van der Waals surface area contributed by atoms with Gasteiger partial charge in [-0.15, -0.1) is 0 Å². The molecule has 1 aromatic heterocycles. The largest absolute Gasteiger partial charge is 0.494 e. The zero-order chi connectivity index (χ0) is 14.8. The summed E-state index contributed by atoms with van der Waals surface area (Å²) in [5.74, 6) is 0.0725. The van der Waals surface area contributed by atoms with Crippen molar-refractivity contribution in [3.05, 3.63) is 58.1 Å². The Labute approximate surface area is 129 Å². The number of aromatic hydroxyl groups is 1. The van der Waals surface area contributed by atoms with Crippen LogP contribution in [0.2, 0.25) is 0 Å². The molecule has 0 fully saturated rings. The number of aromatic nitrogens is 1. The van der Waals surface area contributed by atoms with E-state index >= 15 is 0 Å². The molecule has 0 aliphatic carbocycles. The molecule has 0 atom stereocenters. The molecule has 102 valence electrons. The Morgan fingerprint density at radius 2 is 2.10 bits per heavy atom. The molecule has 0 amide bonds. The average molecular weight is 340 g/mol. The van der Waals surface area contributed by atoms with Crippen LogP contribution in [0.3, 0.4) is 0 Å². The summed E-state index contributed by atoms with van der Waals surface area (Å²) in [6.45, 7) is 0. The first kappa shape index (κ1) is 13.4. The summed E-state index contributed by atoms with van der Waals surface area (Å²) in [6, 6.07) is 14.8. The summed E-state index contributed by atoms with van der Waals surface area (Å²) < 4.78 is 0.926. The van der Waals surface area contributed by atoms with E-state index in [1.165, 1.54) is 0 Å². The van der Waals surface area contributed by atoms with Gasteiger partial charge in [0.2, 0.25) is 0 Å². The van der Waals surface area contributed by atoms with Crippen LogP contribution in [-0.4, -0.2) is 16.3 Å². The van der Waals surface area contributed by atoms with Crippen LogP contribution in [0.25, 0.3) is 10.9 Å². The van der Waals surface area contributed by atoms with Gasteiger partial charge in [0.05, 0.1) is 22.9 Å². The number of H-pyrrole nitrogens is 1. The standard InChI is InChI=1S/C16H10BrN3O/c17-11-4-5-15-13(7-11)14(16(21)20-15)9-19-12-3-1-2-10(6-12)8-18/h1-7,9,20-21H. The number of aliphatic imine (C=N–C) groups is 1. The highest BCUT2D eigenvalue weighted by Gasteiger charge is 2.09. The molecule has 0 aliphatic rings. The second-order valence-electron chi connectivity index (χ2n) is 4.50. The summed E-state index contributed by atoms with van der Waals surface area (Å²) in [4.78, 5) is 7.23. The van der Waals surface area contributed by atoms with Crippen molar-refractivity contribution in [3.63, 3.8) is 0 Å². The summed E-state index contributed by atoms with van der Waals surface area (Å²) in [5.41, 5.74) is 2.67. The molecule has 0 radical (unpaired) electrons. The number of nitrogens with zero attached hydrogens (tertiary/aromatic N) is 2. The Hall–Kier alpha value is -2.58. The number of hydrogen-bond donors (Lipinski definition) is 2. The Morgan fingerprint density at radius 3 is 2.90 bits per heavy atom. The van der Waals surface area contributed by atoms with Crippen molar-refractivity contribution < 1.29 is 5.11 Å². The second kappa shape index (κ2) is 5.43. The molecule has 5 heteroatoms. The minimum Gasteiger partial charge on any atom is -0.494 e. The van der Waals surface area contributed by atoms with Gasteiger partial charge in [0, 0.05) is 21.6 Å². The number of aromatic amines is 1. The van der Waals surface area contributed by atoms with E-state index in [2.05, 4.69) is 32.0 Å². The third-order valence-electron chi connectivity index (χ3n) is 3.10. The van der Waals surface area contributed by atoms with Crippen LogP contribution < -0.4 is 0 Å². The molecule has 0 saturated carbocycles. The molecule has 4 nitrogen and oxygen atoms in total. The maximum absolute atomic E-state index is 9.99. The molecule has 0 unspecified atom stereocenters. The molecule has 0 spiro atoms. The monoisotopic (exact) mass is 339 g/mol. The Bertz CT molecular complexity index is 890. The van der Waals surface area contributed by atoms with Gasteiger partial charge >= 0.3 is 0 Å². The van der Waals surface area contributed by atoms with Gasteiger partial charge in [-0.2, -0.15) is 5.26 Å². The molecule has 1 heterocycles. The molecule has 2 aromatic carbocycles. The Kier molecular flexibility index (Phi) is 3.46. The maximum atomic E-state index is 9.99. The third-order valence-corrected chi connectivity index (χ3v) is 3.59. The number of fused-ring (bicyclic) bond motifs is 1. The first-order valence-electron chi connectivity index (χ1n) is 6.22. The minimum atomic E-state index is 0.0725. The number of hydrogen-bond acceptors (Lipinski definition) is 3. The molecule has 21 heavy (non-hydrogen) atoms. The number of nitrogens with one attached hydrogen (secondary N) is 1. The van der Waals surface area contributed by atoms with E-state index in [1.54, 1.807) is 30.5 Å². The highest BCUT2D eigenvalue weighted by molar-refractivity contribution is 9.10. The van der Waals surface area contributed by atoms with Crippen LogP contribution in [0, 0.1) is 11.3 Å². The second-order valence-corrected chi connectivity index (χ2v) is 5.41. The molecule has 0 aliphatic heterocycles. The topological polar surface area (TPSA) is 72.2 Å². The Balaban J connectivity index is 2.05. The van der Waals surface area contributed by atoms with Crippen molar-refractivity contribution in [1.82, 2.24) is 4.98 Å². The first-order valence-corrected chi connectivity index (χ1v) is 7.01. The summed E-state index contributed by atoms with van der Waals surface area (Å²) in [5, 5.41) is 19.7. The molecule has 3 aromatic rings. The van der Waals surface area contributed by atoms with Crippen molar-refractivity contribution in [1.29, 1.82) is 5.26 Å². The van der Waals surface area contributed by atoms with E-state index in [0.29, 0.717) is 16.8 Å². The lowest BCUT2D eigenvalue weighted by Gasteiger charge is -1.96. The predicted molar refractivity (Wildman–Crippen MR) is 86.1 cm³/mol. The molecule has 3 rings (SSSR count). The molecular weight excluding hydrogens is 330 g/mol. The van der Waals surface area contributed by atoms with Crippen LogP contribution in [0.15, 0.2) is 51.9 Å². The van der Waals surface area contributed by atoms with Gasteiger partial charge < -0.3 is 10.1 Å². The number of nitriles is 1.